The molecular formula is C22H27N5O4. The van der Waals surface area contributed by atoms with Crippen LogP contribution in [0, 0.1) is 0 Å². The largest absolute Gasteiger partial charge is 0.506 e. The van der Waals surface area contributed by atoms with Gasteiger partial charge in [-0.25, -0.2) is 5.06 Å². The third kappa shape index (κ3) is 5.95. The number of carbonyl (C=O) groups excluding carboxylic acids is 2. The van der Waals surface area contributed by atoms with Crippen molar-refractivity contribution < 1.29 is 19.9 Å². The molecule has 1 heterocycles. The standard InChI is InChI=1S/C22H27N5O4/c1-15(28)26-11-9-17(10-12-26)24-22(23)16-7-8-20(29)19(13-16)25-21(30)14-27(31)18-5-3-2-4-6-18/h2-8,13,17,29,31H,9-12,14H2,1H3,(H2,23,24)(H,25,30). The Hall–Kier alpha value is -3.59. The van der Waals surface area contributed by atoms with Gasteiger partial charge < -0.3 is 21.1 Å². The number of hydrogen-bond donors (Lipinski definition) is 4. The van der Waals surface area contributed by atoms with Crippen LogP contribution >= 0.6 is 0 Å². The second-order valence-electron chi connectivity index (χ2n) is 7.42. The number of nitrogens with zero attached hydrogens (tertiary/aromatic N) is 3. The summed E-state index contributed by atoms with van der Waals surface area (Å²) < 4.78 is 0. The van der Waals surface area contributed by atoms with Crippen molar-refractivity contribution in [3.8, 4) is 5.75 Å². The summed E-state index contributed by atoms with van der Waals surface area (Å²) in [7, 11) is 0. The molecule has 0 aliphatic carbocycles. The number of anilines is 2. The lowest BCUT2D eigenvalue weighted by Crippen LogP contribution is -2.38. The van der Waals surface area contributed by atoms with Gasteiger partial charge in [0.2, 0.25) is 11.8 Å². The normalized spacial score (nSPS) is 14.9. The van der Waals surface area contributed by atoms with Crippen molar-refractivity contribution in [2.75, 3.05) is 30.0 Å². The Balaban J connectivity index is 1.64. The first-order chi connectivity index (χ1) is 14.8. The zero-order valence-electron chi connectivity index (χ0n) is 17.4. The Morgan fingerprint density at radius 1 is 1.19 bits per heavy atom. The first kappa shape index (κ1) is 22.1. The number of amidine groups is 1. The highest BCUT2D eigenvalue weighted by Crippen LogP contribution is 2.25. The molecule has 164 valence electrons. The van der Waals surface area contributed by atoms with Crippen LogP contribution in [0.3, 0.4) is 0 Å². The minimum atomic E-state index is -0.508. The molecule has 0 atom stereocenters. The highest BCUT2D eigenvalue weighted by atomic mass is 16.5. The van der Waals surface area contributed by atoms with Crippen LogP contribution < -0.4 is 16.1 Å². The second kappa shape index (κ2) is 9.94. The summed E-state index contributed by atoms with van der Waals surface area (Å²) in [6, 6.07) is 13.2. The zero-order chi connectivity index (χ0) is 22.4. The summed E-state index contributed by atoms with van der Waals surface area (Å²) in [6.07, 6.45) is 1.46. The first-order valence-electron chi connectivity index (χ1n) is 10.1. The fourth-order valence-electron chi connectivity index (χ4n) is 3.39. The van der Waals surface area contributed by atoms with Gasteiger partial charge in [-0.15, -0.1) is 0 Å². The smallest absolute Gasteiger partial charge is 0.246 e. The molecule has 0 unspecified atom stereocenters. The molecule has 3 rings (SSSR count). The van der Waals surface area contributed by atoms with E-state index in [0.717, 1.165) is 17.9 Å². The molecule has 0 saturated carbocycles. The summed E-state index contributed by atoms with van der Waals surface area (Å²) in [5, 5.41) is 23.6. The van der Waals surface area contributed by atoms with E-state index in [1.54, 1.807) is 54.3 Å². The number of hydroxylamine groups is 1. The SMILES string of the molecule is CC(=O)N1CCC(N=C(N)c2ccc(O)c(NC(=O)CN(O)c3ccccc3)c2)CC1. The van der Waals surface area contributed by atoms with Crippen LogP contribution in [-0.2, 0) is 9.59 Å². The van der Waals surface area contributed by atoms with E-state index in [4.69, 9.17) is 5.73 Å². The van der Waals surface area contributed by atoms with Crippen molar-refractivity contribution in [3.63, 3.8) is 0 Å². The molecule has 9 nitrogen and oxygen atoms in total. The summed E-state index contributed by atoms with van der Waals surface area (Å²) in [4.78, 5) is 30.1. The second-order valence-corrected chi connectivity index (χ2v) is 7.42. The summed E-state index contributed by atoms with van der Waals surface area (Å²) in [5.74, 6) is -0.275. The highest BCUT2D eigenvalue weighted by molar-refractivity contribution is 6.01. The molecule has 2 aromatic carbocycles. The van der Waals surface area contributed by atoms with E-state index in [2.05, 4.69) is 10.3 Å². The van der Waals surface area contributed by atoms with E-state index in [9.17, 15) is 19.9 Å². The van der Waals surface area contributed by atoms with Gasteiger partial charge in [0.1, 0.15) is 18.1 Å². The number of piperidine rings is 1. The number of nitrogens with one attached hydrogen (secondary N) is 1. The molecule has 1 fully saturated rings. The number of amides is 2. The molecule has 5 N–H and O–H groups in total. The average Bonchev–Trinajstić information content (AvgIpc) is 2.76. The van der Waals surface area contributed by atoms with Gasteiger partial charge >= 0.3 is 0 Å². The number of para-hydroxylation sites is 1. The predicted molar refractivity (Wildman–Crippen MR) is 118 cm³/mol. The van der Waals surface area contributed by atoms with Gasteiger partial charge in [-0.05, 0) is 43.2 Å². The number of aromatic hydroxyl groups is 1. The fraction of sp³-hybridized carbons (Fsp3) is 0.318. The Morgan fingerprint density at radius 3 is 2.52 bits per heavy atom. The van der Waals surface area contributed by atoms with Crippen molar-refractivity contribution in [2.45, 2.75) is 25.8 Å². The maximum Gasteiger partial charge on any atom is 0.246 e. The maximum atomic E-state index is 12.3. The van der Waals surface area contributed by atoms with Gasteiger partial charge in [0.05, 0.1) is 17.4 Å². The number of nitrogens with two attached hydrogens (primary N) is 1. The van der Waals surface area contributed by atoms with Crippen molar-refractivity contribution in [3.05, 3.63) is 54.1 Å². The summed E-state index contributed by atoms with van der Waals surface area (Å²) >= 11 is 0. The third-order valence-corrected chi connectivity index (χ3v) is 5.15. The van der Waals surface area contributed by atoms with Gasteiger partial charge in [-0.1, -0.05) is 18.2 Å². The quantitative estimate of drug-likeness (QED) is 0.242. The summed E-state index contributed by atoms with van der Waals surface area (Å²) in [5.41, 5.74) is 7.36. The topological polar surface area (TPSA) is 131 Å². The Kier molecular flexibility index (Phi) is 7.09. The van der Waals surface area contributed by atoms with Crippen LogP contribution in [0.4, 0.5) is 11.4 Å². The van der Waals surface area contributed by atoms with E-state index >= 15 is 0 Å². The molecule has 0 spiro atoms. The molecule has 2 amide bonds. The Morgan fingerprint density at radius 2 is 1.87 bits per heavy atom. The summed E-state index contributed by atoms with van der Waals surface area (Å²) in [6.45, 7) is 2.53. The van der Waals surface area contributed by atoms with Gasteiger partial charge in [0, 0.05) is 25.6 Å². The van der Waals surface area contributed by atoms with Crippen LogP contribution in [0.1, 0.15) is 25.3 Å². The number of phenolic OH excluding ortho intramolecular Hbond substituents is 1. The zero-order valence-corrected chi connectivity index (χ0v) is 17.4. The predicted octanol–water partition coefficient (Wildman–Crippen LogP) is 1.94. The number of rotatable bonds is 6. The highest BCUT2D eigenvalue weighted by Gasteiger charge is 2.20. The van der Waals surface area contributed by atoms with E-state index in [-0.39, 0.29) is 29.9 Å². The number of carbonyl (C=O) groups is 2. The average molecular weight is 425 g/mol. The molecule has 31 heavy (non-hydrogen) atoms. The molecule has 0 radical (unpaired) electrons. The number of aliphatic imine (C=N–C) groups is 1. The van der Waals surface area contributed by atoms with E-state index < -0.39 is 5.91 Å². The lowest BCUT2D eigenvalue weighted by molar-refractivity contribution is -0.129. The molecule has 2 aromatic rings. The minimum absolute atomic E-state index is 0.0104. The van der Waals surface area contributed by atoms with Crippen LogP contribution in [0.2, 0.25) is 0 Å². The molecule has 1 aliphatic rings. The molecule has 9 heteroatoms. The molecule has 0 bridgehead atoms. The number of benzene rings is 2. The third-order valence-electron chi connectivity index (χ3n) is 5.15. The number of likely N-dealkylation sites (tertiary alicyclic amines) is 1. The van der Waals surface area contributed by atoms with Crippen LogP contribution in [0.5, 0.6) is 5.75 Å². The van der Waals surface area contributed by atoms with Crippen LogP contribution in [-0.4, -0.2) is 58.5 Å². The van der Waals surface area contributed by atoms with E-state index in [0.29, 0.717) is 30.2 Å². The lowest BCUT2D eigenvalue weighted by Gasteiger charge is -2.29. The monoisotopic (exact) mass is 425 g/mol. The van der Waals surface area contributed by atoms with E-state index in [1.807, 2.05) is 0 Å². The lowest BCUT2D eigenvalue weighted by atomic mass is 10.1. The molecule has 1 aliphatic heterocycles. The maximum absolute atomic E-state index is 12.3. The molecule has 0 aromatic heterocycles. The first-order valence-corrected chi connectivity index (χ1v) is 10.1. The number of phenols is 1. The Bertz CT molecular complexity index is 956. The van der Waals surface area contributed by atoms with Gasteiger partial charge in [-0.3, -0.25) is 19.8 Å². The molecule has 1 saturated heterocycles. The minimum Gasteiger partial charge on any atom is -0.506 e. The van der Waals surface area contributed by atoms with Crippen molar-refractivity contribution in [1.29, 1.82) is 0 Å². The fourth-order valence-corrected chi connectivity index (χ4v) is 3.39. The van der Waals surface area contributed by atoms with Gasteiger partial charge in [-0.2, -0.15) is 0 Å². The van der Waals surface area contributed by atoms with Gasteiger partial charge in [0.25, 0.3) is 0 Å². The Labute approximate surface area is 180 Å². The van der Waals surface area contributed by atoms with Crippen molar-refractivity contribution in [2.24, 2.45) is 10.7 Å². The van der Waals surface area contributed by atoms with Crippen molar-refractivity contribution >= 4 is 29.0 Å². The number of hydrogen-bond acceptors (Lipinski definition) is 6. The molecular weight excluding hydrogens is 398 g/mol. The van der Waals surface area contributed by atoms with Crippen LogP contribution in [0.25, 0.3) is 0 Å². The van der Waals surface area contributed by atoms with Crippen molar-refractivity contribution in [1.82, 2.24) is 4.90 Å². The van der Waals surface area contributed by atoms with E-state index in [1.165, 1.54) is 6.07 Å². The van der Waals surface area contributed by atoms with Gasteiger partial charge in [0.15, 0.2) is 0 Å². The van der Waals surface area contributed by atoms with Crippen LogP contribution in [0.15, 0.2) is 53.5 Å².